The van der Waals surface area contributed by atoms with Gasteiger partial charge in [0.1, 0.15) is 0 Å². The monoisotopic (exact) mass is 280 g/mol. The zero-order valence-corrected chi connectivity index (χ0v) is 13.9. The summed E-state index contributed by atoms with van der Waals surface area (Å²) < 4.78 is 5.51. The summed E-state index contributed by atoms with van der Waals surface area (Å²) in [6.45, 7) is 2.31. The van der Waals surface area contributed by atoms with Crippen LogP contribution in [0.15, 0.2) is 0 Å². The average molecular weight is 280 g/mol. The SMILES string of the molecule is CCCCCCC1CCC([C@H]2CC[C@H](OC)CC2)CC1. The minimum Gasteiger partial charge on any atom is -0.381 e. The molecule has 0 aromatic heterocycles. The van der Waals surface area contributed by atoms with Gasteiger partial charge in [0.05, 0.1) is 6.10 Å². The third kappa shape index (κ3) is 5.06. The molecule has 2 aliphatic rings. The number of unbranched alkanes of at least 4 members (excludes halogenated alkanes) is 3. The molecule has 0 saturated heterocycles. The standard InChI is InChI=1S/C19H36O/c1-3-4-5-6-7-16-8-10-17(11-9-16)18-12-14-19(20-2)15-13-18/h16-19H,3-15H2,1-2H3/t16?,17?,18-,19-. The van der Waals surface area contributed by atoms with E-state index >= 15 is 0 Å². The van der Waals surface area contributed by atoms with Crippen molar-refractivity contribution in [3.05, 3.63) is 0 Å². The molecule has 2 fully saturated rings. The van der Waals surface area contributed by atoms with Gasteiger partial charge in [-0.25, -0.2) is 0 Å². The third-order valence-corrected chi connectivity index (χ3v) is 6.08. The lowest BCUT2D eigenvalue weighted by Crippen LogP contribution is -2.28. The van der Waals surface area contributed by atoms with Crippen LogP contribution in [-0.4, -0.2) is 13.2 Å². The van der Waals surface area contributed by atoms with Gasteiger partial charge < -0.3 is 4.74 Å². The van der Waals surface area contributed by atoms with E-state index in [1.807, 2.05) is 7.11 Å². The summed E-state index contributed by atoms with van der Waals surface area (Å²) in [5, 5.41) is 0. The van der Waals surface area contributed by atoms with Crippen molar-refractivity contribution >= 4 is 0 Å². The van der Waals surface area contributed by atoms with Gasteiger partial charge in [-0.2, -0.15) is 0 Å². The zero-order chi connectivity index (χ0) is 14.2. The maximum absolute atomic E-state index is 5.51. The highest BCUT2D eigenvalue weighted by Crippen LogP contribution is 2.41. The average Bonchev–Trinajstić information content (AvgIpc) is 2.52. The quantitative estimate of drug-likeness (QED) is 0.522. The van der Waals surface area contributed by atoms with Crippen LogP contribution in [0, 0.1) is 17.8 Å². The molecule has 0 unspecified atom stereocenters. The Morgan fingerprint density at radius 3 is 1.90 bits per heavy atom. The predicted molar refractivity (Wildman–Crippen MR) is 87.0 cm³/mol. The van der Waals surface area contributed by atoms with Crippen molar-refractivity contribution in [2.75, 3.05) is 7.11 Å². The second-order valence-electron chi connectivity index (χ2n) is 7.40. The van der Waals surface area contributed by atoms with Crippen LogP contribution >= 0.6 is 0 Å². The smallest absolute Gasteiger partial charge is 0.0571 e. The minimum atomic E-state index is 0.571. The maximum Gasteiger partial charge on any atom is 0.0571 e. The summed E-state index contributed by atoms with van der Waals surface area (Å²) in [5.74, 6) is 3.15. The number of hydrogen-bond donors (Lipinski definition) is 0. The van der Waals surface area contributed by atoms with Gasteiger partial charge in [-0.15, -0.1) is 0 Å². The molecule has 1 heteroatoms. The van der Waals surface area contributed by atoms with Crippen LogP contribution in [0.3, 0.4) is 0 Å². The Morgan fingerprint density at radius 1 is 0.750 bits per heavy atom. The number of rotatable bonds is 7. The van der Waals surface area contributed by atoms with Crippen molar-refractivity contribution in [2.45, 2.75) is 96.5 Å². The highest BCUT2D eigenvalue weighted by molar-refractivity contribution is 4.82. The molecule has 2 saturated carbocycles. The molecule has 0 aromatic carbocycles. The summed E-state index contributed by atoms with van der Waals surface area (Å²) in [6.07, 6.45) is 19.5. The Kier molecular flexibility index (Phi) is 7.41. The van der Waals surface area contributed by atoms with Crippen LogP contribution in [0.5, 0.6) is 0 Å². The molecule has 2 aliphatic carbocycles. The second-order valence-corrected chi connectivity index (χ2v) is 7.40. The fourth-order valence-electron chi connectivity index (χ4n) is 4.60. The summed E-state index contributed by atoms with van der Waals surface area (Å²) in [6, 6.07) is 0. The summed E-state index contributed by atoms with van der Waals surface area (Å²) >= 11 is 0. The van der Waals surface area contributed by atoms with Gasteiger partial charge >= 0.3 is 0 Å². The van der Waals surface area contributed by atoms with E-state index in [-0.39, 0.29) is 0 Å². The predicted octanol–water partition coefficient (Wildman–Crippen LogP) is 5.97. The van der Waals surface area contributed by atoms with Gasteiger partial charge in [0.25, 0.3) is 0 Å². The molecule has 0 aliphatic heterocycles. The first-order valence-electron chi connectivity index (χ1n) is 9.36. The Bertz CT molecular complexity index is 234. The Morgan fingerprint density at radius 2 is 1.35 bits per heavy atom. The molecule has 118 valence electrons. The highest BCUT2D eigenvalue weighted by atomic mass is 16.5. The van der Waals surface area contributed by atoms with E-state index in [9.17, 15) is 0 Å². The van der Waals surface area contributed by atoms with Crippen LogP contribution in [0.1, 0.15) is 90.4 Å². The lowest BCUT2D eigenvalue weighted by molar-refractivity contribution is 0.0391. The van der Waals surface area contributed by atoms with Crippen LogP contribution in [-0.2, 0) is 4.74 Å². The van der Waals surface area contributed by atoms with Crippen molar-refractivity contribution < 1.29 is 4.74 Å². The second kappa shape index (κ2) is 9.07. The normalized spacial score (nSPS) is 35.1. The topological polar surface area (TPSA) is 9.23 Å². The number of hydrogen-bond acceptors (Lipinski definition) is 1. The molecule has 0 atom stereocenters. The fourth-order valence-corrected chi connectivity index (χ4v) is 4.60. The lowest BCUT2D eigenvalue weighted by atomic mass is 9.70. The van der Waals surface area contributed by atoms with Crippen molar-refractivity contribution in [3.63, 3.8) is 0 Å². The molecule has 0 bridgehead atoms. The van der Waals surface area contributed by atoms with E-state index in [0.717, 1.165) is 17.8 Å². The first kappa shape index (κ1) is 16.3. The Hall–Kier alpha value is -0.0400. The van der Waals surface area contributed by atoms with Crippen molar-refractivity contribution in [1.29, 1.82) is 0 Å². The largest absolute Gasteiger partial charge is 0.381 e. The maximum atomic E-state index is 5.51. The molecular formula is C19H36O. The molecule has 0 amide bonds. The lowest BCUT2D eigenvalue weighted by Gasteiger charge is -2.37. The van der Waals surface area contributed by atoms with Gasteiger partial charge in [0.15, 0.2) is 0 Å². The fraction of sp³-hybridized carbons (Fsp3) is 1.00. The number of ether oxygens (including phenoxy) is 1. The highest BCUT2D eigenvalue weighted by Gasteiger charge is 2.30. The molecule has 0 radical (unpaired) electrons. The summed E-state index contributed by atoms with van der Waals surface area (Å²) in [4.78, 5) is 0. The van der Waals surface area contributed by atoms with E-state index in [4.69, 9.17) is 4.74 Å². The van der Waals surface area contributed by atoms with Gasteiger partial charge in [-0.3, -0.25) is 0 Å². The summed E-state index contributed by atoms with van der Waals surface area (Å²) in [5.41, 5.74) is 0. The molecule has 0 aromatic rings. The van der Waals surface area contributed by atoms with E-state index in [1.165, 1.54) is 83.5 Å². The van der Waals surface area contributed by atoms with Gasteiger partial charge in [0, 0.05) is 7.11 Å². The van der Waals surface area contributed by atoms with Crippen molar-refractivity contribution in [3.8, 4) is 0 Å². The molecule has 2 rings (SSSR count). The molecule has 1 nitrogen and oxygen atoms in total. The van der Waals surface area contributed by atoms with Crippen LogP contribution < -0.4 is 0 Å². The Balaban J connectivity index is 1.59. The first-order valence-corrected chi connectivity index (χ1v) is 9.36. The molecular weight excluding hydrogens is 244 g/mol. The zero-order valence-electron chi connectivity index (χ0n) is 13.9. The Labute approximate surface area is 126 Å². The molecule has 0 heterocycles. The van der Waals surface area contributed by atoms with E-state index in [0.29, 0.717) is 6.10 Å². The van der Waals surface area contributed by atoms with Crippen LogP contribution in [0.4, 0.5) is 0 Å². The number of methoxy groups -OCH3 is 1. The third-order valence-electron chi connectivity index (χ3n) is 6.08. The molecule has 0 spiro atoms. The molecule has 20 heavy (non-hydrogen) atoms. The van der Waals surface area contributed by atoms with E-state index < -0.39 is 0 Å². The molecule has 0 N–H and O–H groups in total. The van der Waals surface area contributed by atoms with Gasteiger partial charge in [-0.05, 0) is 56.3 Å². The van der Waals surface area contributed by atoms with Crippen LogP contribution in [0.2, 0.25) is 0 Å². The first-order chi connectivity index (χ1) is 9.83. The van der Waals surface area contributed by atoms with Crippen molar-refractivity contribution in [2.24, 2.45) is 17.8 Å². The van der Waals surface area contributed by atoms with Gasteiger partial charge in [-0.1, -0.05) is 51.9 Å². The van der Waals surface area contributed by atoms with Crippen molar-refractivity contribution in [1.82, 2.24) is 0 Å². The summed E-state index contributed by atoms with van der Waals surface area (Å²) in [7, 11) is 1.88. The van der Waals surface area contributed by atoms with Crippen LogP contribution in [0.25, 0.3) is 0 Å². The van der Waals surface area contributed by atoms with E-state index in [1.54, 1.807) is 0 Å². The van der Waals surface area contributed by atoms with Gasteiger partial charge in [0.2, 0.25) is 0 Å². The van der Waals surface area contributed by atoms with E-state index in [2.05, 4.69) is 6.92 Å². The minimum absolute atomic E-state index is 0.571.